The topological polar surface area (TPSA) is 69.4 Å². The molecule has 2 unspecified atom stereocenters. The van der Waals surface area contributed by atoms with Gasteiger partial charge in [0.05, 0.1) is 34.3 Å². The van der Waals surface area contributed by atoms with Crippen LogP contribution in [0.5, 0.6) is 0 Å². The van der Waals surface area contributed by atoms with E-state index in [1.165, 1.54) is 0 Å². The molecule has 1 aromatic carbocycles. The summed E-state index contributed by atoms with van der Waals surface area (Å²) in [5, 5.41) is 1.03. The smallest absolute Gasteiger partial charge is 0.275 e. The van der Waals surface area contributed by atoms with Gasteiger partial charge in [0.1, 0.15) is 11.4 Å². The van der Waals surface area contributed by atoms with Crippen LogP contribution in [0.4, 0.5) is 0 Å². The van der Waals surface area contributed by atoms with Crippen LogP contribution >= 0.6 is 23.2 Å². The lowest BCUT2D eigenvalue weighted by Gasteiger charge is -2.31. The molecule has 2 aliphatic rings. The van der Waals surface area contributed by atoms with Gasteiger partial charge in [0.2, 0.25) is 0 Å². The van der Waals surface area contributed by atoms with E-state index in [0.29, 0.717) is 41.1 Å². The monoisotopic (exact) mass is 472 g/mol. The summed E-state index contributed by atoms with van der Waals surface area (Å²) in [4.78, 5) is 32.0. The number of pyridine rings is 1. The highest BCUT2D eigenvalue weighted by Crippen LogP contribution is 2.36. The lowest BCUT2D eigenvalue weighted by Crippen LogP contribution is -2.47. The minimum Gasteiger partial charge on any atom is -0.368 e. The number of halogens is 2. The second-order valence-corrected chi connectivity index (χ2v) is 9.05. The van der Waals surface area contributed by atoms with Gasteiger partial charge in [0.25, 0.3) is 11.5 Å². The molecule has 0 aliphatic carbocycles. The van der Waals surface area contributed by atoms with E-state index in [1.54, 1.807) is 44.8 Å². The molecule has 0 saturated carbocycles. The molecule has 4 heterocycles. The largest absolute Gasteiger partial charge is 0.368 e. The number of hydrogen-bond acceptors (Lipinski definition) is 4. The second-order valence-electron chi connectivity index (χ2n) is 8.23. The number of hydrogen-bond donors (Lipinski definition) is 0. The minimum absolute atomic E-state index is 0.0641. The van der Waals surface area contributed by atoms with Crippen LogP contribution in [0.25, 0.3) is 5.69 Å². The maximum atomic E-state index is 13.1. The highest BCUT2D eigenvalue weighted by atomic mass is 35.5. The average Bonchev–Trinajstić information content (AvgIpc) is 3.42. The van der Waals surface area contributed by atoms with E-state index in [-0.39, 0.29) is 23.7 Å². The Balaban J connectivity index is 1.29. The molecule has 1 amide bonds. The molecule has 7 nitrogen and oxygen atoms in total. The van der Waals surface area contributed by atoms with Crippen molar-refractivity contribution in [1.82, 2.24) is 19.0 Å². The maximum absolute atomic E-state index is 13.1. The fourth-order valence-corrected chi connectivity index (χ4v) is 4.73. The van der Waals surface area contributed by atoms with Crippen molar-refractivity contribution in [1.29, 1.82) is 0 Å². The molecular weight excluding hydrogens is 451 g/mol. The van der Waals surface area contributed by atoms with Gasteiger partial charge >= 0.3 is 0 Å². The number of aromatic nitrogens is 3. The lowest BCUT2D eigenvalue weighted by atomic mass is 10.1. The van der Waals surface area contributed by atoms with E-state index in [2.05, 4.69) is 4.98 Å². The molecule has 0 radical (unpaired) electrons. The molecular formula is C23H22Cl2N4O3. The van der Waals surface area contributed by atoms with Crippen molar-refractivity contribution in [2.75, 3.05) is 13.1 Å². The van der Waals surface area contributed by atoms with Crippen LogP contribution in [0.15, 0.2) is 47.7 Å². The van der Waals surface area contributed by atoms with Gasteiger partial charge in [-0.15, -0.1) is 0 Å². The lowest BCUT2D eigenvalue weighted by molar-refractivity contribution is 0.0177. The van der Waals surface area contributed by atoms with Crippen molar-refractivity contribution >= 4 is 29.1 Å². The molecule has 1 fully saturated rings. The second kappa shape index (κ2) is 8.39. The van der Waals surface area contributed by atoms with Crippen LogP contribution in [-0.4, -0.2) is 44.1 Å². The summed E-state index contributed by atoms with van der Waals surface area (Å²) >= 11 is 12.2. The molecule has 3 aromatic rings. The minimum atomic E-state index is -0.190. The fraction of sp³-hybridized carbons (Fsp3) is 0.348. The van der Waals surface area contributed by atoms with Crippen molar-refractivity contribution < 1.29 is 9.53 Å². The van der Waals surface area contributed by atoms with Gasteiger partial charge in [-0.25, -0.2) is 4.98 Å². The average molecular weight is 473 g/mol. The Kier molecular flexibility index (Phi) is 5.57. The van der Waals surface area contributed by atoms with E-state index in [9.17, 15) is 9.59 Å². The zero-order valence-electron chi connectivity index (χ0n) is 17.5. The quantitative estimate of drug-likeness (QED) is 0.574. The third-order valence-corrected chi connectivity index (χ3v) is 6.83. The predicted octanol–water partition coefficient (Wildman–Crippen LogP) is 4.03. The molecule has 2 aromatic heterocycles. The fourth-order valence-electron chi connectivity index (χ4n) is 4.43. The summed E-state index contributed by atoms with van der Waals surface area (Å²) < 4.78 is 9.45. The number of imidazole rings is 1. The van der Waals surface area contributed by atoms with Crippen molar-refractivity contribution in [3.8, 4) is 5.69 Å². The molecule has 5 rings (SSSR count). The molecule has 0 spiro atoms. The van der Waals surface area contributed by atoms with Gasteiger partial charge in [0.15, 0.2) is 0 Å². The predicted molar refractivity (Wildman–Crippen MR) is 122 cm³/mol. The molecule has 166 valence electrons. The number of benzene rings is 1. The summed E-state index contributed by atoms with van der Waals surface area (Å²) in [5.74, 6) is -0.150. The Morgan fingerprint density at radius 3 is 2.69 bits per heavy atom. The normalized spacial score (nSPS) is 20.6. The van der Waals surface area contributed by atoms with Gasteiger partial charge in [-0.3, -0.25) is 9.59 Å². The van der Waals surface area contributed by atoms with Gasteiger partial charge in [0, 0.05) is 25.8 Å². The van der Waals surface area contributed by atoms with Crippen molar-refractivity contribution in [2.24, 2.45) is 0 Å². The molecule has 2 aliphatic heterocycles. The Morgan fingerprint density at radius 2 is 1.94 bits per heavy atom. The highest BCUT2D eigenvalue weighted by molar-refractivity contribution is 6.42. The summed E-state index contributed by atoms with van der Waals surface area (Å²) in [5.41, 5.74) is 2.51. The first-order chi connectivity index (χ1) is 15.4. The molecule has 9 heteroatoms. The van der Waals surface area contributed by atoms with E-state index in [0.717, 1.165) is 24.1 Å². The maximum Gasteiger partial charge on any atom is 0.275 e. The van der Waals surface area contributed by atoms with E-state index in [4.69, 9.17) is 27.9 Å². The first-order valence-electron chi connectivity index (χ1n) is 10.5. The van der Waals surface area contributed by atoms with Gasteiger partial charge in [-0.2, -0.15) is 0 Å². The van der Waals surface area contributed by atoms with Crippen LogP contribution in [0, 0.1) is 6.92 Å². The Hall–Kier alpha value is -2.61. The molecule has 1 saturated heterocycles. The third kappa shape index (κ3) is 3.85. The van der Waals surface area contributed by atoms with Crippen molar-refractivity contribution in [3.05, 3.63) is 80.2 Å². The van der Waals surface area contributed by atoms with Gasteiger partial charge in [-0.1, -0.05) is 29.3 Å². The van der Waals surface area contributed by atoms with Crippen molar-refractivity contribution in [2.45, 2.75) is 38.5 Å². The zero-order chi connectivity index (χ0) is 22.4. The Morgan fingerprint density at radius 1 is 1.09 bits per heavy atom. The zero-order valence-corrected chi connectivity index (χ0v) is 19.0. The molecule has 0 bridgehead atoms. The van der Waals surface area contributed by atoms with Crippen LogP contribution < -0.4 is 5.56 Å². The summed E-state index contributed by atoms with van der Waals surface area (Å²) in [6, 6.07) is 8.94. The van der Waals surface area contributed by atoms with E-state index >= 15 is 0 Å². The SMILES string of the molecule is Cc1cn(-c2ccc3n(c2=O)CCN(CC2CCC(c4ccc(Cl)c(Cl)c4)O2)C3=O)cn1. The summed E-state index contributed by atoms with van der Waals surface area (Å²) in [6.45, 7) is 3.28. The number of carbonyl (C=O) groups excluding carboxylic acids is 1. The number of ether oxygens (including phenoxy) is 1. The standard InChI is InChI=1S/C23H22Cl2N4O3/c1-14-11-28(13-26-14)19-5-6-20-22(30)27(8-9-29(20)23(19)31)12-16-3-7-21(32-16)15-2-4-17(24)18(25)10-15/h2,4-6,10-11,13,16,21H,3,7-9,12H2,1H3. The number of carbonyl (C=O) groups is 1. The number of nitrogens with zero attached hydrogens (tertiary/aromatic N) is 4. The first kappa shape index (κ1) is 21.2. The number of fused-ring (bicyclic) bond motifs is 1. The van der Waals surface area contributed by atoms with Crippen LogP contribution in [0.2, 0.25) is 10.0 Å². The number of rotatable bonds is 4. The summed E-state index contributed by atoms with van der Waals surface area (Å²) in [6.07, 6.45) is 4.98. The van der Waals surface area contributed by atoms with Crippen LogP contribution in [0.1, 0.15) is 40.7 Å². The van der Waals surface area contributed by atoms with Gasteiger partial charge in [-0.05, 0) is 49.6 Å². The van der Waals surface area contributed by atoms with Crippen LogP contribution in [-0.2, 0) is 11.3 Å². The van der Waals surface area contributed by atoms with E-state index < -0.39 is 0 Å². The molecule has 0 N–H and O–H groups in total. The molecule has 32 heavy (non-hydrogen) atoms. The first-order valence-corrected chi connectivity index (χ1v) is 11.3. The number of aryl methyl sites for hydroxylation is 1. The van der Waals surface area contributed by atoms with Crippen molar-refractivity contribution in [3.63, 3.8) is 0 Å². The van der Waals surface area contributed by atoms with E-state index in [1.807, 2.05) is 19.1 Å². The van der Waals surface area contributed by atoms with Gasteiger partial charge < -0.3 is 18.8 Å². The summed E-state index contributed by atoms with van der Waals surface area (Å²) in [7, 11) is 0. The van der Waals surface area contributed by atoms with Crippen LogP contribution in [0.3, 0.4) is 0 Å². The highest BCUT2D eigenvalue weighted by Gasteiger charge is 2.32. The Bertz CT molecular complexity index is 1250. The Labute approximate surface area is 195 Å². The third-order valence-electron chi connectivity index (χ3n) is 6.09. The number of amides is 1. The molecule has 2 atom stereocenters.